The summed E-state index contributed by atoms with van der Waals surface area (Å²) in [6.07, 6.45) is 7.84. The van der Waals surface area contributed by atoms with E-state index in [2.05, 4.69) is 10.5 Å². The first-order valence-electron chi connectivity index (χ1n) is 11.2. The molecule has 1 N–H and O–H groups in total. The number of ether oxygens (including phenoxy) is 2. The number of benzene rings is 1. The van der Waals surface area contributed by atoms with Crippen molar-refractivity contribution in [1.29, 1.82) is 0 Å². The summed E-state index contributed by atoms with van der Waals surface area (Å²) < 4.78 is 17.8. The quantitative estimate of drug-likeness (QED) is 0.749. The maximum absolute atomic E-state index is 12.7. The first-order chi connectivity index (χ1) is 14.6. The number of hydrogen-bond donors (Lipinski definition) is 1. The zero-order chi connectivity index (χ0) is 20.3. The molecule has 4 aliphatic carbocycles. The molecule has 0 radical (unpaired) electrons. The molecular weight excluding hydrogens is 380 g/mol. The van der Waals surface area contributed by atoms with E-state index in [0.29, 0.717) is 36.8 Å². The van der Waals surface area contributed by atoms with Crippen LogP contribution in [-0.2, 0) is 11.3 Å². The van der Waals surface area contributed by atoms with Crippen molar-refractivity contribution in [2.24, 2.45) is 17.8 Å². The van der Waals surface area contributed by atoms with Gasteiger partial charge in [0.15, 0.2) is 11.5 Å². The van der Waals surface area contributed by atoms with Gasteiger partial charge in [0.05, 0.1) is 23.3 Å². The Morgan fingerprint density at radius 3 is 2.67 bits per heavy atom. The van der Waals surface area contributed by atoms with Gasteiger partial charge < -0.3 is 19.3 Å². The molecule has 0 spiro atoms. The molecule has 1 aliphatic heterocycles. The van der Waals surface area contributed by atoms with Gasteiger partial charge in [0.2, 0.25) is 0 Å². The fourth-order valence-electron chi connectivity index (χ4n) is 6.65. The van der Waals surface area contributed by atoms with E-state index < -0.39 is 0 Å². The maximum atomic E-state index is 12.7. The topological polar surface area (TPSA) is 73.6 Å². The summed E-state index contributed by atoms with van der Waals surface area (Å²) in [5.74, 6) is 3.75. The van der Waals surface area contributed by atoms with E-state index in [1.165, 1.54) is 38.5 Å². The normalized spacial score (nSPS) is 30.5. The smallest absolute Gasteiger partial charge is 0.273 e. The first kappa shape index (κ1) is 18.4. The van der Waals surface area contributed by atoms with E-state index in [4.69, 9.17) is 14.0 Å². The molecule has 158 valence electrons. The highest BCUT2D eigenvalue weighted by atomic mass is 16.5. The molecule has 0 atom stereocenters. The maximum Gasteiger partial charge on any atom is 0.273 e. The van der Waals surface area contributed by atoms with E-state index in [9.17, 15) is 4.79 Å². The van der Waals surface area contributed by atoms with Crippen LogP contribution in [0.1, 0.15) is 60.1 Å². The van der Waals surface area contributed by atoms with Crippen molar-refractivity contribution in [3.05, 3.63) is 35.0 Å². The number of nitrogens with zero attached hydrogens (tertiary/aromatic N) is 1. The van der Waals surface area contributed by atoms with Gasteiger partial charge in [0.25, 0.3) is 5.91 Å². The third-order valence-electron chi connectivity index (χ3n) is 7.53. The third-order valence-corrected chi connectivity index (χ3v) is 7.53. The van der Waals surface area contributed by atoms with Crippen molar-refractivity contribution in [3.8, 4) is 17.1 Å². The summed E-state index contributed by atoms with van der Waals surface area (Å²) in [5, 5.41) is 7.01. The second-order valence-corrected chi connectivity index (χ2v) is 9.83. The molecule has 4 fully saturated rings. The van der Waals surface area contributed by atoms with E-state index in [1.54, 1.807) is 0 Å². The van der Waals surface area contributed by atoms with Crippen molar-refractivity contribution >= 4 is 5.91 Å². The highest BCUT2D eigenvalue weighted by molar-refractivity contribution is 5.95. The molecular formula is C24H28N2O4. The van der Waals surface area contributed by atoms with Crippen molar-refractivity contribution in [2.75, 3.05) is 13.2 Å². The zero-order valence-corrected chi connectivity index (χ0v) is 17.4. The Morgan fingerprint density at radius 2 is 1.93 bits per heavy atom. The van der Waals surface area contributed by atoms with Crippen molar-refractivity contribution < 1.29 is 18.8 Å². The molecule has 1 aromatic heterocycles. The Labute approximate surface area is 176 Å². The number of carbonyl (C=O) groups is 1. The lowest BCUT2D eigenvalue weighted by molar-refractivity contribution is -0.161. The molecule has 2 aromatic rings. The minimum atomic E-state index is -0.228. The van der Waals surface area contributed by atoms with Crippen molar-refractivity contribution in [2.45, 2.75) is 57.7 Å². The van der Waals surface area contributed by atoms with E-state index >= 15 is 0 Å². The summed E-state index contributed by atoms with van der Waals surface area (Å²) in [6.45, 7) is 3.35. The molecule has 7 rings (SSSR count). The van der Waals surface area contributed by atoms with Crippen LogP contribution < -0.4 is 10.1 Å². The van der Waals surface area contributed by atoms with Crippen LogP contribution in [0, 0.1) is 24.7 Å². The van der Waals surface area contributed by atoms with E-state index in [1.807, 2.05) is 25.1 Å². The molecule has 2 heterocycles. The molecule has 6 nitrogen and oxygen atoms in total. The number of aromatic nitrogens is 1. The average molecular weight is 408 g/mol. The Hall–Kier alpha value is -2.34. The highest BCUT2D eigenvalue weighted by Crippen LogP contribution is 2.57. The lowest BCUT2D eigenvalue weighted by Crippen LogP contribution is -2.52. The number of hydrogen-bond acceptors (Lipinski definition) is 5. The monoisotopic (exact) mass is 408 g/mol. The number of aryl methyl sites for hydroxylation is 1. The molecule has 5 aliphatic rings. The Balaban J connectivity index is 1.09. The molecule has 4 saturated carbocycles. The van der Waals surface area contributed by atoms with E-state index in [-0.39, 0.29) is 11.5 Å². The highest BCUT2D eigenvalue weighted by Gasteiger charge is 2.51. The third kappa shape index (κ3) is 3.04. The Bertz CT molecular complexity index is 960. The van der Waals surface area contributed by atoms with Crippen LogP contribution >= 0.6 is 0 Å². The van der Waals surface area contributed by atoms with Crippen LogP contribution in [0.15, 0.2) is 22.7 Å². The summed E-state index contributed by atoms with van der Waals surface area (Å²) >= 11 is 0. The van der Waals surface area contributed by atoms with Crippen LogP contribution in [0.5, 0.6) is 5.75 Å². The lowest BCUT2D eigenvalue weighted by Gasteiger charge is -2.56. The fraction of sp³-hybridized carbons (Fsp3) is 0.583. The number of rotatable bonds is 5. The van der Waals surface area contributed by atoms with E-state index in [0.717, 1.165) is 34.6 Å². The lowest BCUT2D eigenvalue weighted by atomic mass is 9.54. The van der Waals surface area contributed by atoms with Gasteiger partial charge in [0.1, 0.15) is 12.4 Å². The number of carbonyl (C=O) groups excluding carboxylic acids is 1. The summed E-state index contributed by atoms with van der Waals surface area (Å²) in [6, 6.07) is 5.93. The first-order valence-corrected chi connectivity index (χ1v) is 11.2. The second kappa shape index (κ2) is 6.84. The molecule has 0 unspecified atom stereocenters. The van der Waals surface area contributed by atoms with Crippen LogP contribution in [0.2, 0.25) is 0 Å². The minimum Gasteiger partial charge on any atom is -0.488 e. The van der Waals surface area contributed by atoms with Gasteiger partial charge in [-0.25, -0.2) is 0 Å². The van der Waals surface area contributed by atoms with Crippen molar-refractivity contribution in [3.63, 3.8) is 0 Å². The Kier molecular flexibility index (Phi) is 4.20. The average Bonchev–Trinajstić information content (AvgIpc) is 3.15. The van der Waals surface area contributed by atoms with Crippen LogP contribution in [-0.4, -0.2) is 29.8 Å². The van der Waals surface area contributed by atoms with Gasteiger partial charge in [0, 0.05) is 6.54 Å². The van der Waals surface area contributed by atoms with Gasteiger partial charge in [-0.3, -0.25) is 4.79 Å². The fourth-order valence-corrected chi connectivity index (χ4v) is 6.65. The van der Waals surface area contributed by atoms with Gasteiger partial charge in [-0.15, -0.1) is 0 Å². The number of amides is 1. The van der Waals surface area contributed by atoms with Gasteiger partial charge in [-0.2, -0.15) is 0 Å². The van der Waals surface area contributed by atoms with Crippen LogP contribution in [0.25, 0.3) is 11.3 Å². The molecule has 4 bridgehead atoms. The second-order valence-electron chi connectivity index (χ2n) is 9.83. The van der Waals surface area contributed by atoms with Gasteiger partial charge in [-0.05, 0) is 75.3 Å². The Morgan fingerprint density at radius 1 is 1.20 bits per heavy atom. The molecule has 1 amide bonds. The van der Waals surface area contributed by atoms with Crippen LogP contribution in [0.3, 0.4) is 0 Å². The van der Waals surface area contributed by atoms with Gasteiger partial charge >= 0.3 is 0 Å². The molecule has 30 heavy (non-hydrogen) atoms. The zero-order valence-electron chi connectivity index (χ0n) is 17.4. The van der Waals surface area contributed by atoms with Crippen molar-refractivity contribution in [1.82, 2.24) is 10.5 Å². The number of nitrogens with one attached hydrogen (secondary N) is 1. The minimum absolute atomic E-state index is 0.0714. The summed E-state index contributed by atoms with van der Waals surface area (Å²) in [7, 11) is 0. The molecule has 1 aromatic carbocycles. The van der Waals surface area contributed by atoms with Gasteiger partial charge in [-0.1, -0.05) is 16.8 Å². The summed E-state index contributed by atoms with van der Waals surface area (Å²) in [4.78, 5) is 12.7. The molecule has 6 heteroatoms. The van der Waals surface area contributed by atoms with Crippen LogP contribution in [0.4, 0.5) is 0 Å². The standard InChI is InChI=1S/C24H28N2O4/c1-14-2-3-20-18(6-14)22-19(13-28-20)21(26-30-22)23(27)25-4-5-29-24-10-15-7-16(11-24)9-17(8-15)12-24/h2-3,6,15-17H,4-5,7-13H2,1H3,(H,25,27). The largest absolute Gasteiger partial charge is 0.488 e. The SMILES string of the molecule is Cc1ccc2c(c1)-c1onc(C(=O)NCCOC34CC5CC(CC(C5)C3)C4)c1CO2. The predicted octanol–water partition coefficient (Wildman–Crippen LogP) is 4.26. The molecule has 0 saturated heterocycles. The number of fused-ring (bicyclic) bond motifs is 3. The summed E-state index contributed by atoms with van der Waals surface area (Å²) in [5.41, 5.74) is 3.06. The predicted molar refractivity (Wildman–Crippen MR) is 110 cm³/mol.